The fraction of sp³-hybridized carbons (Fsp3) is 0.333. The van der Waals surface area contributed by atoms with E-state index in [4.69, 9.17) is 5.11 Å². The molecule has 4 nitrogen and oxygen atoms in total. The molecule has 0 heterocycles. The zero-order valence-electron chi connectivity index (χ0n) is 8.03. The number of halogens is 1. The maximum atomic E-state index is 12.6. The standard InChI is InChI=1S/C7H6FNO3.C2H6/c8-6-2-1-5(4-10)3-7(6)9(11)12;1-2/h1-3,10H,4H2;1-2H3. The normalized spacial score (nSPS) is 8.86. The van der Waals surface area contributed by atoms with Crippen molar-refractivity contribution in [2.75, 3.05) is 0 Å². The number of nitro groups is 1. The van der Waals surface area contributed by atoms with Crippen molar-refractivity contribution in [3.63, 3.8) is 0 Å². The van der Waals surface area contributed by atoms with Gasteiger partial charge in [0.15, 0.2) is 0 Å². The van der Waals surface area contributed by atoms with Crippen LogP contribution in [0.25, 0.3) is 0 Å². The molecule has 1 aromatic carbocycles. The number of hydrogen-bond acceptors (Lipinski definition) is 3. The highest BCUT2D eigenvalue weighted by Crippen LogP contribution is 2.18. The molecule has 1 N–H and O–H groups in total. The van der Waals surface area contributed by atoms with Crippen LogP contribution in [-0.2, 0) is 6.61 Å². The molecule has 1 rings (SSSR count). The van der Waals surface area contributed by atoms with Gasteiger partial charge in [0.25, 0.3) is 0 Å². The van der Waals surface area contributed by atoms with E-state index in [9.17, 15) is 14.5 Å². The van der Waals surface area contributed by atoms with Crippen molar-refractivity contribution in [2.24, 2.45) is 0 Å². The number of aliphatic hydroxyl groups is 1. The Labute approximate surface area is 81.1 Å². The molecule has 0 amide bonds. The molecule has 0 fully saturated rings. The Morgan fingerprint density at radius 1 is 1.50 bits per heavy atom. The third-order valence-corrected chi connectivity index (χ3v) is 1.39. The van der Waals surface area contributed by atoms with E-state index in [2.05, 4.69) is 0 Å². The van der Waals surface area contributed by atoms with Crippen LogP contribution in [0.3, 0.4) is 0 Å². The lowest BCUT2D eigenvalue weighted by atomic mass is 10.2. The van der Waals surface area contributed by atoms with E-state index in [1.165, 1.54) is 6.07 Å². The predicted octanol–water partition coefficient (Wildman–Crippen LogP) is 2.25. The molecule has 1 aromatic rings. The lowest BCUT2D eigenvalue weighted by Gasteiger charge is -1.96. The predicted molar refractivity (Wildman–Crippen MR) is 50.3 cm³/mol. The quantitative estimate of drug-likeness (QED) is 0.589. The number of nitrogens with zero attached hydrogens (tertiary/aromatic N) is 1. The smallest absolute Gasteiger partial charge is 0.305 e. The van der Waals surface area contributed by atoms with Crippen LogP contribution >= 0.6 is 0 Å². The largest absolute Gasteiger partial charge is 0.392 e. The minimum atomic E-state index is -0.891. The Morgan fingerprint density at radius 3 is 2.50 bits per heavy atom. The second-order valence-electron chi connectivity index (χ2n) is 2.20. The van der Waals surface area contributed by atoms with Crippen LogP contribution in [-0.4, -0.2) is 10.0 Å². The molecule has 0 spiro atoms. The van der Waals surface area contributed by atoms with E-state index in [-0.39, 0.29) is 6.61 Å². The molecule has 14 heavy (non-hydrogen) atoms. The van der Waals surface area contributed by atoms with E-state index < -0.39 is 16.4 Å². The summed E-state index contributed by atoms with van der Waals surface area (Å²) in [5, 5.41) is 18.8. The Hall–Kier alpha value is -1.49. The monoisotopic (exact) mass is 201 g/mol. The summed E-state index contributed by atoms with van der Waals surface area (Å²) in [6.45, 7) is 3.67. The molecule has 0 unspecified atom stereocenters. The van der Waals surface area contributed by atoms with Crippen molar-refractivity contribution in [1.82, 2.24) is 0 Å². The van der Waals surface area contributed by atoms with Crippen LogP contribution in [0.1, 0.15) is 19.4 Å². The molecule has 0 atom stereocenters. The average Bonchev–Trinajstić information content (AvgIpc) is 2.21. The zero-order valence-corrected chi connectivity index (χ0v) is 8.03. The first kappa shape index (κ1) is 12.5. The van der Waals surface area contributed by atoms with Crippen LogP contribution in [0.15, 0.2) is 18.2 Å². The molecule has 0 saturated heterocycles. The summed E-state index contributed by atoms with van der Waals surface area (Å²) >= 11 is 0. The third-order valence-electron chi connectivity index (χ3n) is 1.39. The number of benzene rings is 1. The maximum absolute atomic E-state index is 12.6. The van der Waals surface area contributed by atoms with E-state index in [0.717, 1.165) is 12.1 Å². The molecule has 0 aliphatic rings. The summed E-state index contributed by atoms with van der Waals surface area (Å²) in [5.41, 5.74) is -0.287. The van der Waals surface area contributed by atoms with E-state index in [1.54, 1.807) is 0 Å². The van der Waals surface area contributed by atoms with Gasteiger partial charge in [0.1, 0.15) is 0 Å². The topological polar surface area (TPSA) is 63.4 Å². The summed E-state index contributed by atoms with van der Waals surface area (Å²) in [7, 11) is 0. The lowest BCUT2D eigenvalue weighted by Crippen LogP contribution is -1.94. The van der Waals surface area contributed by atoms with Gasteiger partial charge in [-0.1, -0.05) is 19.9 Å². The highest BCUT2D eigenvalue weighted by molar-refractivity contribution is 5.35. The van der Waals surface area contributed by atoms with Gasteiger partial charge in [-0.15, -0.1) is 0 Å². The van der Waals surface area contributed by atoms with E-state index in [1.807, 2.05) is 13.8 Å². The zero-order chi connectivity index (χ0) is 11.1. The third kappa shape index (κ3) is 3.10. The summed E-state index contributed by atoms with van der Waals surface area (Å²) in [6.07, 6.45) is 0. The fourth-order valence-corrected chi connectivity index (χ4v) is 0.797. The van der Waals surface area contributed by atoms with Gasteiger partial charge in [-0.3, -0.25) is 10.1 Å². The van der Waals surface area contributed by atoms with Crippen LogP contribution in [0.4, 0.5) is 10.1 Å². The minimum absolute atomic E-state index is 0.322. The van der Waals surface area contributed by atoms with Gasteiger partial charge in [0.2, 0.25) is 5.82 Å². The van der Waals surface area contributed by atoms with Crippen molar-refractivity contribution in [2.45, 2.75) is 20.5 Å². The SMILES string of the molecule is CC.O=[N+]([O-])c1cc(CO)ccc1F. The second kappa shape index (κ2) is 6.04. The number of hydrogen-bond donors (Lipinski definition) is 1. The van der Waals surface area contributed by atoms with Gasteiger partial charge < -0.3 is 5.11 Å². The number of nitro benzene ring substituents is 1. The molecule has 0 radical (unpaired) electrons. The molecule has 0 aliphatic carbocycles. The summed E-state index contributed by atoms with van der Waals surface area (Å²) in [6, 6.07) is 3.27. The second-order valence-corrected chi connectivity index (χ2v) is 2.20. The molecule has 0 aromatic heterocycles. The Morgan fingerprint density at radius 2 is 2.07 bits per heavy atom. The number of aliphatic hydroxyl groups excluding tert-OH is 1. The van der Waals surface area contributed by atoms with Crippen molar-refractivity contribution < 1.29 is 14.4 Å². The first-order valence-electron chi connectivity index (χ1n) is 4.19. The van der Waals surface area contributed by atoms with Crippen molar-refractivity contribution in [3.8, 4) is 0 Å². The highest BCUT2D eigenvalue weighted by Gasteiger charge is 2.13. The van der Waals surface area contributed by atoms with Crippen molar-refractivity contribution in [1.29, 1.82) is 0 Å². The summed E-state index contributed by atoms with van der Waals surface area (Å²) in [4.78, 5) is 9.35. The van der Waals surface area contributed by atoms with Gasteiger partial charge in [-0.05, 0) is 11.6 Å². The lowest BCUT2D eigenvalue weighted by molar-refractivity contribution is -0.387. The first-order chi connectivity index (χ1) is 6.65. The first-order valence-corrected chi connectivity index (χ1v) is 4.19. The molecular weight excluding hydrogens is 189 g/mol. The highest BCUT2D eigenvalue weighted by atomic mass is 19.1. The van der Waals surface area contributed by atoms with Gasteiger partial charge in [0, 0.05) is 6.07 Å². The fourth-order valence-electron chi connectivity index (χ4n) is 0.797. The van der Waals surface area contributed by atoms with E-state index >= 15 is 0 Å². The van der Waals surface area contributed by atoms with Gasteiger partial charge in [-0.2, -0.15) is 4.39 Å². The Balaban J connectivity index is 0.000000791. The molecule has 0 bridgehead atoms. The Bertz CT molecular complexity index is 315. The van der Waals surface area contributed by atoms with Crippen LogP contribution in [0.2, 0.25) is 0 Å². The Kier molecular flexibility index (Phi) is 5.40. The average molecular weight is 201 g/mol. The van der Waals surface area contributed by atoms with Crippen molar-refractivity contribution in [3.05, 3.63) is 39.7 Å². The van der Waals surface area contributed by atoms with Crippen LogP contribution in [0, 0.1) is 15.9 Å². The summed E-state index contributed by atoms with van der Waals surface area (Å²) in [5.74, 6) is -0.891. The van der Waals surface area contributed by atoms with Gasteiger partial charge in [0.05, 0.1) is 11.5 Å². The number of rotatable bonds is 2. The summed E-state index contributed by atoms with van der Waals surface area (Å²) < 4.78 is 12.6. The van der Waals surface area contributed by atoms with E-state index in [0.29, 0.717) is 5.56 Å². The molecule has 5 heteroatoms. The molecule has 0 saturated carbocycles. The van der Waals surface area contributed by atoms with Gasteiger partial charge in [-0.25, -0.2) is 0 Å². The molecule has 0 aliphatic heterocycles. The molecule has 78 valence electrons. The van der Waals surface area contributed by atoms with Gasteiger partial charge >= 0.3 is 5.69 Å². The maximum Gasteiger partial charge on any atom is 0.305 e. The van der Waals surface area contributed by atoms with Crippen LogP contribution in [0.5, 0.6) is 0 Å². The minimum Gasteiger partial charge on any atom is -0.392 e. The van der Waals surface area contributed by atoms with Crippen LogP contribution < -0.4 is 0 Å². The molecular formula is C9H12FNO3. The van der Waals surface area contributed by atoms with Crippen molar-refractivity contribution >= 4 is 5.69 Å².